The summed E-state index contributed by atoms with van der Waals surface area (Å²) in [6.45, 7) is 2.12. The van der Waals surface area contributed by atoms with E-state index in [0.29, 0.717) is 55.2 Å². The number of piperidine rings is 1. The number of nitriles is 1. The second kappa shape index (κ2) is 6.41. The van der Waals surface area contributed by atoms with Gasteiger partial charge in [-0.2, -0.15) is 5.26 Å². The lowest BCUT2D eigenvalue weighted by Gasteiger charge is -2.23. The number of hydrogen-bond acceptors (Lipinski definition) is 7. The lowest BCUT2D eigenvalue weighted by atomic mass is 10.2. The van der Waals surface area contributed by atoms with Crippen LogP contribution in [0.15, 0.2) is 35.1 Å². The first kappa shape index (κ1) is 16.9. The molecule has 1 unspecified atom stereocenters. The zero-order valence-electron chi connectivity index (χ0n) is 14.9. The van der Waals surface area contributed by atoms with Gasteiger partial charge < -0.3 is 19.5 Å². The average molecular weight is 383 g/mol. The maximum Gasteiger partial charge on any atom is 0.414 e. The van der Waals surface area contributed by atoms with Gasteiger partial charge in [-0.25, -0.2) is 9.18 Å². The van der Waals surface area contributed by atoms with Crippen LogP contribution in [0.3, 0.4) is 0 Å². The van der Waals surface area contributed by atoms with E-state index in [0.717, 1.165) is 0 Å². The molecule has 2 aromatic rings. The van der Waals surface area contributed by atoms with E-state index in [1.807, 2.05) is 4.90 Å². The highest BCUT2D eigenvalue weighted by Gasteiger charge is 2.56. The van der Waals surface area contributed by atoms with Gasteiger partial charge in [-0.3, -0.25) is 4.90 Å². The molecule has 144 valence electrons. The molecule has 3 aliphatic rings. The van der Waals surface area contributed by atoms with Gasteiger partial charge in [-0.1, -0.05) is 5.16 Å². The van der Waals surface area contributed by atoms with Crippen LogP contribution in [-0.4, -0.2) is 43.5 Å². The van der Waals surface area contributed by atoms with Crippen molar-refractivity contribution < 1.29 is 18.4 Å². The monoisotopic (exact) mass is 383 g/mol. The molecule has 4 atom stereocenters. The van der Waals surface area contributed by atoms with Gasteiger partial charge >= 0.3 is 6.09 Å². The number of nitrogens with one attached hydrogen (secondary N) is 1. The van der Waals surface area contributed by atoms with Crippen LogP contribution in [0.25, 0.3) is 0 Å². The number of carbonyl (C=O) groups is 1. The van der Waals surface area contributed by atoms with Crippen molar-refractivity contribution in [2.24, 2.45) is 17.8 Å². The van der Waals surface area contributed by atoms with Gasteiger partial charge in [0.1, 0.15) is 18.2 Å². The number of anilines is 3. The van der Waals surface area contributed by atoms with Crippen molar-refractivity contribution in [3.05, 3.63) is 36.3 Å². The molecule has 2 saturated heterocycles. The molecule has 3 heterocycles. The number of nitrogens with zero attached hydrogens (tertiary/aromatic N) is 4. The Morgan fingerprint density at radius 3 is 2.79 bits per heavy atom. The minimum Gasteiger partial charge on any atom is -0.442 e. The normalized spacial score (nSPS) is 28.1. The van der Waals surface area contributed by atoms with Crippen molar-refractivity contribution in [1.82, 2.24) is 5.16 Å². The highest BCUT2D eigenvalue weighted by atomic mass is 19.1. The molecule has 1 aromatic carbocycles. The Morgan fingerprint density at radius 2 is 2.11 bits per heavy atom. The Labute approximate surface area is 160 Å². The van der Waals surface area contributed by atoms with Gasteiger partial charge in [0.25, 0.3) is 0 Å². The van der Waals surface area contributed by atoms with E-state index in [-0.39, 0.29) is 17.8 Å². The third-order valence-electron chi connectivity index (χ3n) is 5.75. The summed E-state index contributed by atoms with van der Waals surface area (Å²) in [7, 11) is 0. The molecular formula is C19H18FN5O3. The van der Waals surface area contributed by atoms with Gasteiger partial charge in [0.2, 0.25) is 0 Å². The van der Waals surface area contributed by atoms with Gasteiger partial charge in [-0.15, -0.1) is 0 Å². The minimum absolute atomic E-state index is 0.126. The zero-order chi connectivity index (χ0) is 19.3. The lowest BCUT2D eigenvalue weighted by Crippen LogP contribution is -2.28. The quantitative estimate of drug-likeness (QED) is 0.847. The lowest BCUT2D eigenvalue weighted by molar-refractivity contribution is 0.147. The van der Waals surface area contributed by atoms with Crippen LogP contribution < -0.4 is 15.1 Å². The number of aromatic nitrogens is 1. The summed E-state index contributed by atoms with van der Waals surface area (Å²) in [6, 6.07) is 8.78. The van der Waals surface area contributed by atoms with Gasteiger partial charge in [0, 0.05) is 19.2 Å². The van der Waals surface area contributed by atoms with E-state index in [2.05, 4.69) is 16.5 Å². The van der Waals surface area contributed by atoms with Crippen LogP contribution in [0.2, 0.25) is 0 Å². The molecule has 0 bridgehead atoms. The van der Waals surface area contributed by atoms with Crippen LogP contribution >= 0.6 is 0 Å². The first-order valence-electron chi connectivity index (χ1n) is 9.20. The third kappa shape index (κ3) is 2.81. The number of carbonyl (C=O) groups excluding carboxylic acids is 1. The van der Waals surface area contributed by atoms with E-state index < -0.39 is 6.09 Å². The molecule has 1 aliphatic carbocycles. The number of benzene rings is 1. The van der Waals surface area contributed by atoms with E-state index >= 15 is 0 Å². The highest BCUT2D eigenvalue weighted by molar-refractivity contribution is 5.90. The molecule has 5 rings (SSSR count). The molecule has 1 N–H and O–H groups in total. The topological polar surface area (TPSA) is 94.6 Å². The van der Waals surface area contributed by atoms with Gasteiger partial charge in [0.05, 0.1) is 36.5 Å². The Bertz CT molecular complexity index is 932. The summed E-state index contributed by atoms with van der Waals surface area (Å²) >= 11 is 0. The SMILES string of the molecule is N#CC1[C@H]2CN(c3ccc(N4C[C@H](CNc5ccon5)OC4=O)cc3F)C[C@@H]12. The average Bonchev–Trinajstić information content (AvgIpc) is 3.16. The Hall–Kier alpha value is -3.28. The molecule has 3 fully saturated rings. The van der Waals surface area contributed by atoms with Crippen LogP contribution in [-0.2, 0) is 4.74 Å². The molecule has 1 amide bonds. The highest BCUT2D eigenvalue weighted by Crippen LogP contribution is 2.52. The van der Waals surface area contributed by atoms with Gasteiger partial charge in [0.15, 0.2) is 5.82 Å². The summed E-state index contributed by atoms with van der Waals surface area (Å²) in [6.07, 6.45) is 0.572. The standard InChI is InChI=1S/C19H18FN5O3/c20-16-5-11(1-2-17(16)24-9-14-13(6-21)15(14)10-24)25-8-12(28-19(25)26)7-22-18-3-4-27-23-18/h1-5,12-15H,7-10H2,(H,22,23)/t12-,13?,14-,15+/m0/s1. The van der Waals surface area contributed by atoms with Crippen molar-refractivity contribution in [3.63, 3.8) is 0 Å². The van der Waals surface area contributed by atoms with E-state index in [1.54, 1.807) is 18.2 Å². The first-order valence-corrected chi connectivity index (χ1v) is 9.20. The Kier molecular flexibility index (Phi) is 3.86. The molecular weight excluding hydrogens is 365 g/mol. The summed E-state index contributed by atoms with van der Waals surface area (Å²) in [5.41, 5.74) is 0.985. The van der Waals surface area contributed by atoms with Crippen molar-refractivity contribution in [2.75, 3.05) is 41.3 Å². The van der Waals surface area contributed by atoms with E-state index in [4.69, 9.17) is 14.5 Å². The van der Waals surface area contributed by atoms with Gasteiger partial charge in [-0.05, 0) is 30.0 Å². The number of fused-ring (bicyclic) bond motifs is 1. The number of rotatable bonds is 5. The maximum absolute atomic E-state index is 14.7. The summed E-state index contributed by atoms with van der Waals surface area (Å²) in [4.78, 5) is 15.6. The molecule has 0 spiro atoms. The fourth-order valence-corrected chi connectivity index (χ4v) is 4.20. The van der Waals surface area contributed by atoms with Crippen LogP contribution in [0, 0.1) is 34.9 Å². The van der Waals surface area contributed by atoms with Crippen LogP contribution in [0.1, 0.15) is 0 Å². The zero-order valence-corrected chi connectivity index (χ0v) is 14.9. The fraction of sp³-hybridized carbons (Fsp3) is 0.421. The smallest absolute Gasteiger partial charge is 0.414 e. The molecule has 1 aromatic heterocycles. The maximum atomic E-state index is 14.7. The minimum atomic E-state index is -0.501. The number of cyclic esters (lactones) is 1. The second-order valence-corrected chi connectivity index (χ2v) is 7.41. The number of halogens is 1. The predicted molar refractivity (Wildman–Crippen MR) is 97.3 cm³/mol. The van der Waals surface area contributed by atoms with Crippen LogP contribution in [0.5, 0.6) is 0 Å². The van der Waals surface area contributed by atoms with E-state index in [9.17, 15) is 9.18 Å². The van der Waals surface area contributed by atoms with E-state index in [1.165, 1.54) is 17.2 Å². The third-order valence-corrected chi connectivity index (χ3v) is 5.75. The van der Waals surface area contributed by atoms with Crippen molar-refractivity contribution in [2.45, 2.75) is 6.10 Å². The molecule has 8 nitrogen and oxygen atoms in total. The van der Waals surface area contributed by atoms with Crippen molar-refractivity contribution in [1.29, 1.82) is 5.26 Å². The molecule has 9 heteroatoms. The fourth-order valence-electron chi connectivity index (χ4n) is 4.20. The van der Waals surface area contributed by atoms with Crippen molar-refractivity contribution in [3.8, 4) is 6.07 Å². The molecule has 1 saturated carbocycles. The number of hydrogen-bond donors (Lipinski definition) is 1. The summed E-state index contributed by atoms with van der Waals surface area (Å²) in [5, 5.41) is 15.8. The second-order valence-electron chi connectivity index (χ2n) is 7.41. The first-order chi connectivity index (χ1) is 13.6. The predicted octanol–water partition coefficient (Wildman–Crippen LogP) is 2.46. The number of amides is 1. The Morgan fingerprint density at radius 1 is 1.29 bits per heavy atom. The number of ether oxygens (including phenoxy) is 1. The summed E-state index contributed by atoms with van der Waals surface area (Å²) < 4.78 is 24.8. The van der Waals surface area contributed by atoms with Crippen molar-refractivity contribution >= 4 is 23.3 Å². The van der Waals surface area contributed by atoms with Crippen LogP contribution in [0.4, 0.5) is 26.4 Å². The Balaban J connectivity index is 1.23. The largest absolute Gasteiger partial charge is 0.442 e. The molecule has 28 heavy (non-hydrogen) atoms. The molecule has 0 radical (unpaired) electrons. The molecule has 2 aliphatic heterocycles. The summed E-state index contributed by atoms with van der Waals surface area (Å²) in [5.74, 6) is 1.03.